The first-order valence-corrected chi connectivity index (χ1v) is 12.7. The van der Waals surface area contributed by atoms with Crippen LogP contribution in [0.25, 0.3) is 0 Å². The quantitative estimate of drug-likeness (QED) is 0.0863. The molecule has 0 aliphatic carbocycles. The van der Waals surface area contributed by atoms with E-state index in [1.54, 1.807) is 36.4 Å². The van der Waals surface area contributed by atoms with Gasteiger partial charge in [0.15, 0.2) is 18.1 Å². The van der Waals surface area contributed by atoms with E-state index in [-0.39, 0.29) is 12.2 Å². The van der Waals surface area contributed by atoms with Gasteiger partial charge in [0.25, 0.3) is 11.8 Å². The van der Waals surface area contributed by atoms with E-state index < -0.39 is 50.5 Å². The highest BCUT2D eigenvalue weighted by molar-refractivity contribution is 7.46. The van der Waals surface area contributed by atoms with Gasteiger partial charge in [0.2, 0.25) is 0 Å². The number of aliphatic hydroxyl groups excluding tert-OH is 2. The van der Waals surface area contributed by atoms with Gasteiger partial charge in [0.05, 0.1) is 6.61 Å². The number of aliphatic hydroxyl groups is 2. The van der Waals surface area contributed by atoms with E-state index >= 15 is 0 Å². The first-order chi connectivity index (χ1) is 17.8. The summed E-state index contributed by atoms with van der Waals surface area (Å²) in [6, 6.07) is 12.9. The van der Waals surface area contributed by atoms with Gasteiger partial charge in [-0.3, -0.25) is 18.9 Å². The second kappa shape index (κ2) is 13.4. The lowest BCUT2D eigenvalue weighted by atomic mass is 9.92. The van der Waals surface area contributed by atoms with Crippen LogP contribution < -0.4 is 5.32 Å². The number of benzene rings is 2. The molecule has 0 spiro atoms. The smallest absolute Gasteiger partial charge is 0.393 e. The van der Waals surface area contributed by atoms with E-state index in [0.717, 1.165) is 4.90 Å². The van der Waals surface area contributed by atoms with Crippen molar-refractivity contribution >= 4 is 25.4 Å². The van der Waals surface area contributed by atoms with E-state index in [9.17, 15) is 24.1 Å². The summed E-state index contributed by atoms with van der Waals surface area (Å²) in [4.78, 5) is 56.9. The summed E-state index contributed by atoms with van der Waals surface area (Å²) in [6.45, 7) is -0.807. The van der Waals surface area contributed by atoms with Crippen molar-refractivity contribution in [1.29, 1.82) is 0 Å². The molecule has 0 fully saturated rings. The molecule has 2 rings (SSSR count). The van der Waals surface area contributed by atoms with Crippen LogP contribution in [0, 0.1) is 11.8 Å². The van der Waals surface area contributed by atoms with Crippen molar-refractivity contribution in [2.45, 2.75) is 18.6 Å². The second-order valence-electron chi connectivity index (χ2n) is 8.17. The Morgan fingerprint density at radius 1 is 1.05 bits per heavy atom. The minimum atomic E-state index is -4.81. The van der Waals surface area contributed by atoms with Crippen molar-refractivity contribution in [3.63, 3.8) is 0 Å². The van der Waals surface area contributed by atoms with Gasteiger partial charge in [-0.05, 0) is 48.9 Å². The minimum absolute atomic E-state index is 0.175. The molecule has 0 heterocycles. The number of phosphoric ester groups is 1. The number of carbonyl (C=O) groups is 3. The Bertz CT molecular complexity index is 1250. The first-order valence-electron chi connectivity index (χ1n) is 11.2. The van der Waals surface area contributed by atoms with Crippen LogP contribution in [0.3, 0.4) is 0 Å². The molecule has 204 valence electrons. The summed E-state index contributed by atoms with van der Waals surface area (Å²) >= 11 is 0. The molecule has 2 amide bonds. The highest BCUT2D eigenvalue weighted by atomic mass is 31.2. The fourth-order valence-electron chi connectivity index (χ4n) is 3.22. The van der Waals surface area contributed by atoms with Gasteiger partial charge < -0.3 is 35.0 Å². The lowest BCUT2D eigenvalue weighted by Gasteiger charge is -2.35. The van der Waals surface area contributed by atoms with Crippen LogP contribution >= 0.6 is 7.82 Å². The average Bonchev–Trinajstić information content (AvgIpc) is 2.91. The van der Waals surface area contributed by atoms with Crippen molar-refractivity contribution < 1.29 is 48.2 Å². The fraction of sp³-hybridized carbons (Fsp3) is 0.320. The zero-order valence-corrected chi connectivity index (χ0v) is 21.8. The second-order valence-corrected chi connectivity index (χ2v) is 9.41. The Balaban J connectivity index is 2.15. The Labute approximate surface area is 219 Å². The Morgan fingerprint density at radius 3 is 2.05 bits per heavy atom. The number of rotatable bonds is 11. The van der Waals surface area contributed by atoms with Crippen molar-refractivity contribution in [1.82, 2.24) is 10.2 Å². The van der Waals surface area contributed by atoms with Crippen LogP contribution in [-0.4, -0.2) is 82.1 Å². The van der Waals surface area contributed by atoms with Crippen LogP contribution in [0.15, 0.2) is 48.5 Å². The Hall–Kier alpha value is -3.40. The molecule has 2 aromatic carbocycles. The molecule has 38 heavy (non-hydrogen) atoms. The number of ketones is 1. The highest BCUT2D eigenvalue weighted by Gasteiger charge is 2.46. The molecular formula is C25H29N2O10P. The van der Waals surface area contributed by atoms with E-state index in [1.807, 2.05) is 0 Å². The number of Topliss-reactive ketones (excluding diaryl/α,β-unsaturated/α-hetero) is 1. The molecular weight excluding hydrogens is 519 g/mol. The number of likely N-dealkylation sites (N-methyl/N-ethyl adjacent to an activating group) is 2. The molecule has 0 bridgehead atoms. The molecule has 0 aliphatic heterocycles. The summed E-state index contributed by atoms with van der Waals surface area (Å²) in [5.41, 5.74) is 0.00375. The standard InChI is InChI=1S/C25H29N2O10P/c1-25(24(32)26-2,22(30)15-36-16-37-38(33,34)35)27(3)23(31)20-12-8-18(9-13-20)5-4-17-6-10-19(11-7-17)21(29)14-28/h6-13,21,28-29H,14-16H2,1-3H3,(H,26,32)(H2,33,34,35)/t21-,25-/m1/s1. The maximum atomic E-state index is 13.1. The molecule has 5 N–H and O–H groups in total. The van der Waals surface area contributed by atoms with Crippen LogP contribution in [0.1, 0.15) is 40.1 Å². The van der Waals surface area contributed by atoms with E-state index in [2.05, 4.69) is 21.7 Å². The predicted octanol–water partition coefficient (Wildman–Crippen LogP) is 0.341. The molecule has 0 radical (unpaired) electrons. The Morgan fingerprint density at radius 2 is 1.58 bits per heavy atom. The molecule has 0 saturated carbocycles. The zero-order valence-electron chi connectivity index (χ0n) is 21.0. The summed E-state index contributed by atoms with van der Waals surface area (Å²) in [6.07, 6.45) is -0.963. The summed E-state index contributed by atoms with van der Waals surface area (Å²) in [7, 11) is -2.25. The predicted molar refractivity (Wildman–Crippen MR) is 134 cm³/mol. The number of hydrogen-bond acceptors (Lipinski definition) is 8. The number of nitrogens with zero attached hydrogens (tertiary/aromatic N) is 1. The fourth-order valence-corrected chi connectivity index (χ4v) is 3.43. The number of nitrogens with one attached hydrogen (secondary N) is 1. The number of hydrogen-bond donors (Lipinski definition) is 5. The number of carbonyl (C=O) groups excluding carboxylic acids is 3. The van der Waals surface area contributed by atoms with Gasteiger partial charge in [-0.1, -0.05) is 24.0 Å². The summed E-state index contributed by atoms with van der Waals surface area (Å²) < 4.78 is 19.7. The third kappa shape index (κ3) is 8.05. The molecule has 0 unspecified atom stereocenters. The number of ether oxygens (including phenoxy) is 1. The topological polar surface area (TPSA) is 183 Å². The monoisotopic (exact) mass is 548 g/mol. The van der Waals surface area contributed by atoms with Crippen molar-refractivity contribution in [3.05, 3.63) is 70.8 Å². The molecule has 13 heteroatoms. The van der Waals surface area contributed by atoms with E-state index in [0.29, 0.717) is 16.7 Å². The first kappa shape index (κ1) is 30.8. The normalized spacial score (nSPS) is 13.4. The lowest BCUT2D eigenvalue weighted by Crippen LogP contribution is -2.62. The zero-order chi connectivity index (χ0) is 28.5. The molecule has 0 aliphatic rings. The SMILES string of the molecule is CNC(=O)[C@@](C)(C(=O)COCOP(=O)(O)O)N(C)C(=O)c1ccc(C#Cc2ccc([C@H](O)CO)cc2)cc1. The van der Waals surface area contributed by atoms with Crippen molar-refractivity contribution in [2.75, 3.05) is 34.1 Å². The maximum absolute atomic E-state index is 13.1. The summed E-state index contributed by atoms with van der Waals surface area (Å²) in [5.74, 6) is 3.61. The van der Waals surface area contributed by atoms with Crippen molar-refractivity contribution in [2.24, 2.45) is 0 Å². The molecule has 2 aromatic rings. The van der Waals surface area contributed by atoms with Gasteiger partial charge in [0.1, 0.15) is 12.7 Å². The minimum Gasteiger partial charge on any atom is -0.393 e. The third-order valence-corrected chi connectivity index (χ3v) is 6.12. The highest BCUT2D eigenvalue weighted by Crippen LogP contribution is 2.35. The van der Waals surface area contributed by atoms with Crippen LogP contribution in [0.4, 0.5) is 0 Å². The van der Waals surface area contributed by atoms with E-state index in [1.165, 1.54) is 33.2 Å². The van der Waals surface area contributed by atoms with Gasteiger partial charge in [-0.25, -0.2) is 4.57 Å². The Kier molecular flexibility index (Phi) is 10.9. The van der Waals surface area contributed by atoms with Gasteiger partial charge in [0, 0.05) is 30.8 Å². The van der Waals surface area contributed by atoms with Crippen LogP contribution in [0.5, 0.6) is 0 Å². The molecule has 0 saturated heterocycles. The van der Waals surface area contributed by atoms with Crippen molar-refractivity contribution in [3.8, 4) is 11.8 Å². The average molecular weight is 548 g/mol. The lowest BCUT2D eigenvalue weighted by molar-refractivity contribution is -0.146. The number of amides is 2. The van der Waals surface area contributed by atoms with Gasteiger partial charge in [-0.2, -0.15) is 0 Å². The van der Waals surface area contributed by atoms with Crippen LogP contribution in [0.2, 0.25) is 0 Å². The third-order valence-electron chi connectivity index (χ3n) is 5.68. The van der Waals surface area contributed by atoms with E-state index in [4.69, 9.17) is 19.6 Å². The van der Waals surface area contributed by atoms with Gasteiger partial charge >= 0.3 is 7.82 Å². The molecule has 0 aromatic heterocycles. The largest absolute Gasteiger partial charge is 0.471 e. The number of phosphoric acid groups is 1. The summed E-state index contributed by atoms with van der Waals surface area (Å²) in [5, 5.41) is 21.0. The van der Waals surface area contributed by atoms with Crippen LogP contribution in [-0.2, 0) is 23.4 Å². The maximum Gasteiger partial charge on any atom is 0.471 e. The van der Waals surface area contributed by atoms with Gasteiger partial charge in [-0.15, -0.1) is 0 Å². The molecule has 12 nitrogen and oxygen atoms in total. The molecule has 2 atom stereocenters.